The monoisotopic (exact) mass is 253 g/mol. The number of nitrogens with zero attached hydrogens (tertiary/aromatic N) is 1. The summed E-state index contributed by atoms with van der Waals surface area (Å²) >= 11 is 3.70. The third-order valence-corrected chi connectivity index (χ3v) is 3.98. The number of hydrogen-bond acceptors (Lipinski definition) is 2. The Morgan fingerprint density at radius 3 is 2.86 bits per heavy atom. The topological polar surface area (TPSA) is 22.1 Å². The maximum Gasteiger partial charge on any atom is 0.217 e. The third kappa shape index (κ3) is 1.18. The lowest BCUT2D eigenvalue weighted by molar-refractivity contribution is 0.275. The summed E-state index contributed by atoms with van der Waals surface area (Å²) in [5, 5.41) is 0. The van der Waals surface area contributed by atoms with Crippen molar-refractivity contribution in [2.75, 3.05) is 6.61 Å². The van der Waals surface area contributed by atoms with Crippen LogP contribution in [-0.4, -0.2) is 11.6 Å². The number of pyridine rings is 1. The van der Waals surface area contributed by atoms with Crippen LogP contribution < -0.4 is 4.74 Å². The zero-order chi connectivity index (χ0) is 9.54. The van der Waals surface area contributed by atoms with Gasteiger partial charge in [0.2, 0.25) is 5.88 Å². The van der Waals surface area contributed by atoms with Crippen LogP contribution in [0.5, 0.6) is 5.88 Å². The van der Waals surface area contributed by atoms with Crippen molar-refractivity contribution in [3.63, 3.8) is 0 Å². The van der Waals surface area contributed by atoms with Gasteiger partial charge in [-0.1, -0.05) is 0 Å². The molecule has 0 aromatic carbocycles. The second-order valence-corrected chi connectivity index (χ2v) is 4.73. The Morgan fingerprint density at radius 2 is 1.93 bits per heavy atom. The van der Waals surface area contributed by atoms with Crippen LogP contribution in [-0.2, 0) is 19.3 Å². The summed E-state index contributed by atoms with van der Waals surface area (Å²) < 4.78 is 6.86. The van der Waals surface area contributed by atoms with E-state index < -0.39 is 0 Å². The van der Waals surface area contributed by atoms with Crippen LogP contribution in [0.4, 0.5) is 0 Å². The molecule has 0 radical (unpaired) electrons. The van der Waals surface area contributed by atoms with E-state index in [1.54, 1.807) is 0 Å². The summed E-state index contributed by atoms with van der Waals surface area (Å²) in [6.45, 7) is 0.825. The molecule has 2 aliphatic rings. The SMILES string of the molecule is Brc1c2c(nc3c1CCCO3)CCC2. The maximum atomic E-state index is 5.59. The van der Waals surface area contributed by atoms with Gasteiger partial charge in [-0.2, -0.15) is 0 Å². The van der Waals surface area contributed by atoms with Crippen LogP contribution >= 0.6 is 15.9 Å². The number of halogens is 1. The highest BCUT2D eigenvalue weighted by molar-refractivity contribution is 9.10. The Labute approximate surface area is 91.8 Å². The first-order valence-electron chi connectivity index (χ1n) is 5.19. The molecule has 0 saturated heterocycles. The summed E-state index contributed by atoms with van der Waals surface area (Å²) in [5.74, 6) is 0.878. The Morgan fingerprint density at radius 1 is 1.07 bits per heavy atom. The molecule has 1 aliphatic heterocycles. The standard InChI is InChI=1S/C11H12BrNO/c12-10-7-3-1-5-9(7)13-11-8(10)4-2-6-14-11/h1-6H2. The molecule has 1 aromatic rings. The molecule has 0 saturated carbocycles. The first-order chi connectivity index (χ1) is 6.86. The highest BCUT2D eigenvalue weighted by Crippen LogP contribution is 2.37. The first-order valence-corrected chi connectivity index (χ1v) is 5.98. The Kier molecular flexibility index (Phi) is 2.01. The van der Waals surface area contributed by atoms with E-state index in [1.807, 2.05) is 0 Å². The third-order valence-electron chi connectivity index (χ3n) is 3.02. The largest absolute Gasteiger partial charge is 0.477 e. The molecule has 0 amide bonds. The second-order valence-electron chi connectivity index (χ2n) is 3.94. The van der Waals surface area contributed by atoms with Gasteiger partial charge in [0.05, 0.1) is 6.61 Å². The van der Waals surface area contributed by atoms with Gasteiger partial charge in [-0.25, -0.2) is 4.98 Å². The van der Waals surface area contributed by atoms with Gasteiger partial charge in [0.25, 0.3) is 0 Å². The van der Waals surface area contributed by atoms with Crippen molar-refractivity contribution in [2.24, 2.45) is 0 Å². The highest BCUT2D eigenvalue weighted by Gasteiger charge is 2.23. The molecule has 3 heteroatoms. The fraction of sp³-hybridized carbons (Fsp3) is 0.545. The smallest absolute Gasteiger partial charge is 0.217 e. The molecule has 0 atom stereocenters. The average Bonchev–Trinajstić information content (AvgIpc) is 2.66. The molecule has 14 heavy (non-hydrogen) atoms. The minimum absolute atomic E-state index is 0.825. The van der Waals surface area contributed by atoms with E-state index in [0.29, 0.717) is 0 Å². The molecule has 0 spiro atoms. The summed E-state index contributed by atoms with van der Waals surface area (Å²) in [6, 6.07) is 0. The summed E-state index contributed by atoms with van der Waals surface area (Å²) in [4.78, 5) is 4.60. The number of hydrogen-bond donors (Lipinski definition) is 0. The lowest BCUT2D eigenvalue weighted by atomic mass is 10.1. The van der Waals surface area contributed by atoms with E-state index in [4.69, 9.17) is 4.74 Å². The van der Waals surface area contributed by atoms with Gasteiger partial charge in [0.1, 0.15) is 0 Å². The van der Waals surface area contributed by atoms with Gasteiger partial charge < -0.3 is 4.74 Å². The lowest BCUT2D eigenvalue weighted by Crippen LogP contribution is -2.12. The van der Waals surface area contributed by atoms with E-state index in [1.165, 1.54) is 34.1 Å². The number of rotatable bonds is 0. The van der Waals surface area contributed by atoms with Crippen molar-refractivity contribution in [1.82, 2.24) is 4.98 Å². The normalized spacial score (nSPS) is 18.6. The van der Waals surface area contributed by atoms with Crippen molar-refractivity contribution in [1.29, 1.82) is 0 Å². The summed E-state index contributed by atoms with van der Waals surface area (Å²) in [7, 11) is 0. The molecular formula is C11H12BrNO. The van der Waals surface area contributed by atoms with Crippen molar-refractivity contribution in [3.8, 4) is 5.88 Å². The second kappa shape index (κ2) is 3.23. The quantitative estimate of drug-likeness (QED) is 0.710. The van der Waals surface area contributed by atoms with Gasteiger partial charge in [-0.05, 0) is 53.6 Å². The predicted molar refractivity (Wildman–Crippen MR) is 57.8 cm³/mol. The molecular weight excluding hydrogens is 242 g/mol. The van der Waals surface area contributed by atoms with Crippen molar-refractivity contribution in [3.05, 3.63) is 21.3 Å². The molecule has 1 aromatic heterocycles. The molecule has 0 N–H and O–H groups in total. The molecule has 0 fully saturated rings. The van der Waals surface area contributed by atoms with Crippen molar-refractivity contribution >= 4 is 15.9 Å². The molecule has 0 bridgehead atoms. The fourth-order valence-electron chi connectivity index (χ4n) is 2.31. The van der Waals surface area contributed by atoms with Crippen molar-refractivity contribution in [2.45, 2.75) is 32.1 Å². The van der Waals surface area contributed by atoms with Crippen LogP contribution in [0, 0.1) is 0 Å². The lowest BCUT2D eigenvalue weighted by Gasteiger charge is -2.19. The van der Waals surface area contributed by atoms with Gasteiger partial charge in [-0.3, -0.25) is 0 Å². The Hall–Kier alpha value is -0.570. The molecule has 2 heterocycles. The van der Waals surface area contributed by atoms with E-state index in [2.05, 4.69) is 20.9 Å². The Bertz CT molecular complexity index is 389. The zero-order valence-corrected chi connectivity index (χ0v) is 9.56. The molecule has 0 unspecified atom stereocenters. The van der Waals surface area contributed by atoms with Crippen LogP contribution in [0.1, 0.15) is 29.7 Å². The molecule has 2 nitrogen and oxygen atoms in total. The number of aromatic nitrogens is 1. The molecule has 1 aliphatic carbocycles. The van der Waals surface area contributed by atoms with Crippen LogP contribution in [0.2, 0.25) is 0 Å². The van der Waals surface area contributed by atoms with Gasteiger partial charge in [0.15, 0.2) is 0 Å². The van der Waals surface area contributed by atoms with Crippen LogP contribution in [0.3, 0.4) is 0 Å². The van der Waals surface area contributed by atoms with Crippen LogP contribution in [0.15, 0.2) is 4.47 Å². The number of ether oxygens (including phenoxy) is 1. The van der Waals surface area contributed by atoms with E-state index in [9.17, 15) is 0 Å². The average molecular weight is 254 g/mol. The summed E-state index contributed by atoms with van der Waals surface area (Å²) in [6.07, 6.45) is 5.76. The number of aryl methyl sites for hydroxylation is 1. The van der Waals surface area contributed by atoms with E-state index in [0.717, 1.165) is 31.7 Å². The first kappa shape index (κ1) is 8.72. The summed E-state index contributed by atoms with van der Waals surface area (Å²) in [5.41, 5.74) is 3.96. The molecule has 3 rings (SSSR count). The zero-order valence-electron chi connectivity index (χ0n) is 7.98. The van der Waals surface area contributed by atoms with Crippen molar-refractivity contribution < 1.29 is 4.74 Å². The fourth-order valence-corrected chi connectivity index (χ4v) is 3.10. The van der Waals surface area contributed by atoms with E-state index in [-0.39, 0.29) is 0 Å². The van der Waals surface area contributed by atoms with Crippen LogP contribution in [0.25, 0.3) is 0 Å². The highest BCUT2D eigenvalue weighted by atomic mass is 79.9. The van der Waals surface area contributed by atoms with Gasteiger partial charge in [0, 0.05) is 15.7 Å². The maximum absolute atomic E-state index is 5.59. The Balaban J connectivity index is 2.20. The minimum Gasteiger partial charge on any atom is -0.477 e. The van der Waals surface area contributed by atoms with Gasteiger partial charge >= 0.3 is 0 Å². The van der Waals surface area contributed by atoms with Gasteiger partial charge in [-0.15, -0.1) is 0 Å². The minimum atomic E-state index is 0.825. The predicted octanol–water partition coefficient (Wildman–Crippen LogP) is 2.66. The number of fused-ring (bicyclic) bond motifs is 2. The van der Waals surface area contributed by atoms with E-state index >= 15 is 0 Å². The molecule has 74 valence electrons.